The van der Waals surface area contributed by atoms with Gasteiger partial charge in [0.1, 0.15) is 49.1 Å². The van der Waals surface area contributed by atoms with E-state index >= 15 is 0 Å². The van der Waals surface area contributed by atoms with Gasteiger partial charge in [0, 0.05) is 5.75 Å². The molecular formula is C25H34N3O8S+. The van der Waals surface area contributed by atoms with Crippen LogP contribution < -0.4 is 10.1 Å². The van der Waals surface area contributed by atoms with E-state index in [4.69, 9.17) is 9.47 Å². The van der Waals surface area contributed by atoms with E-state index in [0.29, 0.717) is 49.7 Å². The topological polar surface area (TPSA) is 146 Å². The second kappa shape index (κ2) is 13.6. The highest BCUT2D eigenvalue weighted by molar-refractivity contribution is 8.00. The lowest BCUT2D eigenvalue weighted by molar-refractivity contribution is -0.923. The number of benzene rings is 1. The minimum absolute atomic E-state index is 0.00266. The summed E-state index contributed by atoms with van der Waals surface area (Å²) >= 11 is 1.43. The molecule has 11 nitrogen and oxygen atoms in total. The quantitative estimate of drug-likeness (QED) is 0.0996. The largest absolute Gasteiger partial charge is 0.497 e. The van der Waals surface area contributed by atoms with Crippen LogP contribution in [0.15, 0.2) is 47.7 Å². The van der Waals surface area contributed by atoms with Crippen molar-refractivity contribution in [3.05, 3.63) is 53.3 Å². The van der Waals surface area contributed by atoms with Crippen molar-refractivity contribution in [2.45, 2.75) is 18.0 Å². The number of amides is 2. The van der Waals surface area contributed by atoms with Crippen molar-refractivity contribution in [3.8, 4) is 5.75 Å². The second-order valence-corrected chi connectivity index (χ2v) is 9.84. The molecule has 37 heavy (non-hydrogen) atoms. The molecule has 0 aromatic heterocycles. The number of carbonyl (C=O) groups is 3. The Labute approximate surface area is 219 Å². The number of hydrogen-bond donors (Lipinski definition) is 4. The van der Waals surface area contributed by atoms with Crippen molar-refractivity contribution in [3.63, 3.8) is 0 Å². The Morgan fingerprint density at radius 1 is 1.16 bits per heavy atom. The summed E-state index contributed by atoms with van der Waals surface area (Å²) in [5.41, 5.74) is 1.48. The number of esters is 1. The minimum atomic E-state index is -0.708. The van der Waals surface area contributed by atoms with Gasteiger partial charge >= 0.3 is 5.97 Å². The maximum Gasteiger partial charge on any atom is 0.355 e. The molecule has 1 fully saturated rings. The minimum Gasteiger partial charge on any atom is -0.497 e. The third kappa shape index (κ3) is 6.70. The van der Waals surface area contributed by atoms with E-state index in [2.05, 4.69) is 5.32 Å². The first-order valence-corrected chi connectivity index (χ1v) is 13.0. The monoisotopic (exact) mass is 536 g/mol. The van der Waals surface area contributed by atoms with E-state index in [1.165, 1.54) is 16.7 Å². The molecule has 4 N–H and O–H groups in total. The Bertz CT molecular complexity index is 997. The van der Waals surface area contributed by atoms with Crippen LogP contribution in [-0.4, -0.2) is 113 Å². The molecule has 0 spiro atoms. The zero-order valence-electron chi connectivity index (χ0n) is 20.7. The number of carbonyl (C=O) groups excluding carboxylic acids is 3. The normalized spacial score (nSPS) is 19.5. The van der Waals surface area contributed by atoms with Gasteiger partial charge in [0.2, 0.25) is 6.41 Å². The average Bonchev–Trinajstić information content (AvgIpc) is 2.90. The first-order valence-electron chi connectivity index (χ1n) is 12.0. The van der Waals surface area contributed by atoms with Crippen LogP contribution >= 0.6 is 11.8 Å². The van der Waals surface area contributed by atoms with Crippen LogP contribution in [0.2, 0.25) is 0 Å². The number of β-lactam (4-membered cyclic amide) rings is 1. The Morgan fingerprint density at radius 3 is 2.38 bits per heavy atom. The Balaban J connectivity index is 1.84. The number of quaternary nitrogens is 1. The second-order valence-electron chi connectivity index (χ2n) is 8.74. The number of nitrogens with zero attached hydrogens (tertiary/aromatic N) is 2. The van der Waals surface area contributed by atoms with Crippen molar-refractivity contribution in [1.82, 2.24) is 10.2 Å². The van der Waals surface area contributed by atoms with Crippen LogP contribution in [0.3, 0.4) is 0 Å². The van der Waals surface area contributed by atoms with E-state index in [9.17, 15) is 29.7 Å². The summed E-state index contributed by atoms with van der Waals surface area (Å²) in [5.74, 6) is 0.0444. The zero-order valence-corrected chi connectivity index (χ0v) is 21.6. The molecule has 0 unspecified atom stereocenters. The van der Waals surface area contributed by atoms with Crippen molar-refractivity contribution in [2.75, 3.05) is 58.9 Å². The highest BCUT2D eigenvalue weighted by Crippen LogP contribution is 2.41. The Morgan fingerprint density at radius 2 is 1.81 bits per heavy atom. The van der Waals surface area contributed by atoms with Crippen molar-refractivity contribution in [1.29, 1.82) is 0 Å². The Hall–Kier alpha value is -2.90. The highest BCUT2D eigenvalue weighted by Gasteiger charge is 2.53. The number of aliphatic hydroxyl groups is 3. The van der Waals surface area contributed by atoms with Crippen molar-refractivity contribution in [2.24, 2.45) is 0 Å². The predicted molar refractivity (Wildman–Crippen MR) is 136 cm³/mol. The zero-order chi connectivity index (χ0) is 26.8. The highest BCUT2D eigenvalue weighted by atomic mass is 32.2. The van der Waals surface area contributed by atoms with Gasteiger partial charge in [-0.1, -0.05) is 18.2 Å². The first-order chi connectivity index (χ1) is 17.9. The van der Waals surface area contributed by atoms with Gasteiger partial charge in [-0.2, -0.15) is 0 Å². The molecule has 0 saturated carbocycles. The summed E-state index contributed by atoms with van der Waals surface area (Å²) < 4.78 is 11.0. The van der Waals surface area contributed by atoms with Crippen LogP contribution in [0.1, 0.15) is 5.56 Å². The van der Waals surface area contributed by atoms with Crippen LogP contribution in [0.5, 0.6) is 5.75 Å². The Kier molecular flexibility index (Phi) is 10.5. The third-order valence-electron chi connectivity index (χ3n) is 6.50. The fourth-order valence-corrected chi connectivity index (χ4v) is 5.79. The number of aliphatic hydroxyl groups excluding tert-OH is 3. The number of fused-ring (bicyclic) bond motifs is 1. The molecule has 2 amide bonds. The lowest BCUT2D eigenvalue weighted by Gasteiger charge is -2.49. The predicted octanol–water partition coefficient (Wildman–Crippen LogP) is -0.628. The van der Waals surface area contributed by atoms with E-state index < -0.39 is 23.3 Å². The maximum atomic E-state index is 13.2. The molecule has 202 valence electrons. The van der Waals surface area contributed by atoms with Crippen LogP contribution in [0.4, 0.5) is 0 Å². The summed E-state index contributed by atoms with van der Waals surface area (Å²) in [5, 5.41) is 30.6. The van der Waals surface area contributed by atoms with Gasteiger partial charge in [-0.3, -0.25) is 14.5 Å². The molecule has 1 aromatic carbocycles. The molecule has 2 aliphatic heterocycles. The molecule has 0 aliphatic carbocycles. The van der Waals surface area contributed by atoms with E-state index in [0.717, 1.165) is 5.56 Å². The summed E-state index contributed by atoms with van der Waals surface area (Å²) in [6, 6.07) is 6.37. The fraction of sp³-hybridized carbons (Fsp3) is 0.480. The van der Waals surface area contributed by atoms with E-state index in [1.807, 2.05) is 6.08 Å². The van der Waals surface area contributed by atoms with Crippen LogP contribution in [-0.2, 0) is 25.7 Å². The first kappa shape index (κ1) is 28.7. The SMILES string of the molecule is COc1ccc(COC(=O)C2=C(/C=C/C[N+](CCO)(CCO)CCO)CS[C@H]3[C@H](NC=O)C(=O)N23)cc1. The fourth-order valence-electron chi connectivity index (χ4n) is 4.46. The standard InChI is InChI=1S/C25H33N3O8S/c1-35-20-6-4-18(5-7-20)15-36-25(34)22-19(16-37-24-21(26-17-32)23(33)27(22)24)3-2-8-28(9-12-29,10-13-30)11-14-31/h2-7,17,21,24,29-31H,8-16H2,1H3/p+1/b3-2+/t21-,24+/m1/s1. The molecule has 1 aromatic rings. The van der Waals surface area contributed by atoms with E-state index in [-0.39, 0.29) is 36.6 Å². The van der Waals surface area contributed by atoms with Crippen LogP contribution in [0, 0.1) is 0 Å². The summed E-state index contributed by atoms with van der Waals surface area (Å²) in [7, 11) is 1.56. The summed E-state index contributed by atoms with van der Waals surface area (Å²) in [6.45, 7) is 1.13. The molecule has 12 heteroatoms. The van der Waals surface area contributed by atoms with Gasteiger partial charge in [0.05, 0.1) is 33.5 Å². The van der Waals surface area contributed by atoms with Gasteiger partial charge in [0.25, 0.3) is 5.91 Å². The number of ether oxygens (including phenoxy) is 2. The van der Waals surface area contributed by atoms with E-state index in [1.54, 1.807) is 37.5 Å². The molecule has 2 aliphatic rings. The van der Waals surface area contributed by atoms with Crippen LogP contribution in [0.25, 0.3) is 0 Å². The molecule has 2 atom stereocenters. The van der Waals surface area contributed by atoms with Gasteiger partial charge < -0.3 is 34.6 Å². The van der Waals surface area contributed by atoms with Crippen molar-refractivity contribution < 1.29 is 43.7 Å². The molecule has 3 rings (SSSR count). The molecule has 0 radical (unpaired) electrons. The number of methoxy groups -OCH3 is 1. The van der Waals surface area contributed by atoms with Gasteiger partial charge in [-0.05, 0) is 29.3 Å². The van der Waals surface area contributed by atoms with Gasteiger partial charge in [0.15, 0.2) is 0 Å². The molecule has 1 saturated heterocycles. The van der Waals surface area contributed by atoms with Crippen molar-refractivity contribution >= 4 is 30.0 Å². The summed E-state index contributed by atoms with van der Waals surface area (Å²) in [4.78, 5) is 38.3. The van der Waals surface area contributed by atoms with Gasteiger partial charge in [-0.25, -0.2) is 4.79 Å². The number of thioether (sulfide) groups is 1. The maximum absolute atomic E-state index is 13.2. The molecule has 0 bridgehead atoms. The van der Waals surface area contributed by atoms with Gasteiger partial charge in [-0.15, -0.1) is 11.8 Å². The third-order valence-corrected chi connectivity index (χ3v) is 7.80. The molecule has 2 heterocycles. The lowest BCUT2D eigenvalue weighted by atomic mass is 10.0. The molecular weight excluding hydrogens is 502 g/mol. The summed E-state index contributed by atoms with van der Waals surface area (Å²) in [6.07, 6.45) is 4.04. The lowest BCUT2D eigenvalue weighted by Crippen LogP contribution is -2.69. The number of nitrogens with one attached hydrogen (secondary N) is 1. The number of hydrogen-bond acceptors (Lipinski definition) is 9. The number of rotatable bonds is 15. The average molecular weight is 537 g/mol. The number of allylic oxidation sites excluding steroid dienone is 1. The smallest absolute Gasteiger partial charge is 0.355 e.